The van der Waals surface area contributed by atoms with Crippen LogP contribution in [-0.2, 0) is 31.1 Å². The number of Topliss-reactive ketones (excluding diaryl/α,β-unsaturated/α-hetero) is 2. The zero-order chi connectivity index (χ0) is 28.9. The lowest BCUT2D eigenvalue weighted by Crippen LogP contribution is -2.48. The molecule has 2 unspecified atom stereocenters. The predicted molar refractivity (Wildman–Crippen MR) is 146 cm³/mol. The summed E-state index contributed by atoms with van der Waals surface area (Å²) in [5, 5.41) is 20.7. The van der Waals surface area contributed by atoms with Crippen molar-refractivity contribution in [1.29, 1.82) is 0 Å². The highest BCUT2D eigenvalue weighted by Gasteiger charge is 2.54. The van der Waals surface area contributed by atoms with Crippen LogP contribution in [0.5, 0.6) is 0 Å². The number of hydrogen-bond acceptors (Lipinski definition) is 8. The molecule has 8 nitrogen and oxygen atoms in total. The Morgan fingerprint density at radius 1 is 0.500 bits per heavy atom. The normalized spacial score (nSPS) is 14.2. The van der Waals surface area contributed by atoms with Gasteiger partial charge in [-0.15, -0.1) is 0 Å². The minimum absolute atomic E-state index is 0.103. The molecule has 0 amide bonds. The lowest BCUT2D eigenvalue weighted by Gasteiger charge is -2.35. The summed E-state index contributed by atoms with van der Waals surface area (Å²) in [5.74, 6) is -6.86. The third-order valence-electron chi connectivity index (χ3n) is 6.91. The van der Waals surface area contributed by atoms with Crippen LogP contribution in [0.2, 0.25) is 0 Å². The molecule has 0 saturated heterocycles. The highest BCUT2D eigenvalue weighted by molar-refractivity contribution is 6.04. The van der Waals surface area contributed by atoms with Gasteiger partial charge in [0.25, 0.3) is 0 Å². The second-order valence-electron chi connectivity index (χ2n) is 9.50. The summed E-state index contributed by atoms with van der Waals surface area (Å²) in [4.78, 5) is 49.4. The van der Waals surface area contributed by atoms with Gasteiger partial charge in [0.1, 0.15) is 0 Å². The van der Waals surface area contributed by atoms with Crippen LogP contribution in [0.4, 0.5) is 0 Å². The number of benzene rings is 4. The van der Waals surface area contributed by atoms with Crippen LogP contribution in [0.25, 0.3) is 0 Å². The maximum atomic E-state index is 14.1. The van der Waals surface area contributed by atoms with E-state index < -0.39 is 23.1 Å². The topological polar surface area (TPSA) is 112 Å². The van der Waals surface area contributed by atoms with E-state index in [1.165, 1.54) is 12.1 Å². The molecule has 4 rings (SSSR count). The Morgan fingerprint density at radius 3 is 1.10 bits per heavy atom. The van der Waals surface area contributed by atoms with Crippen molar-refractivity contribution in [2.45, 2.75) is 39.3 Å². The van der Waals surface area contributed by atoms with Gasteiger partial charge in [-0.05, 0) is 49.9 Å². The van der Waals surface area contributed by atoms with Gasteiger partial charge >= 0.3 is 11.6 Å². The molecule has 0 spiro atoms. The molecule has 4 aromatic carbocycles. The van der Waals surface area contributed by atoms with E-state index in [1.54, 1.807) is 113 Å². The summed E-state index contributed by atoms with van der Waals surface area (Å²) in [6.45, 7) is 6.80. The van der Waals surface area contributed by atoms with Gasteiger partial charge in [-0.1, -0.05) is 97.1 Å². The molecular weight excluding hydrogens is 512 g/mol. The summed E-state index contributed by atoms with van der Waals surface area (Å²) in [6.07, 6.45) is 0. The quantitative estimate of drug-likeness (QED) is 0.0941. The number of carbonyl (C=O) groups is 2. The van der Waals surface area contributed by atoms with Gasteiger partial charge in [0, 0.05) is 22.3 Å². The van der Waals surface area contributed by atoms with Gasteiger partial charge in [0.15, 0.2) is 0 Å². The van der Waals surface area contributed by atoms with Crippen LogP contribution in [0.15, 0.2) is 97.1 Å². The van der Waals surface area contributed by atoms with E-state index in [9.17, 15) is 20.1 Å². The van der Waals surface area contributed by atoms with Crippen molar-refractivity contribution in [2.24, 2.45) is 0 Å². The van der Waals surface area contributed by atoms with Crippen molar-refractivity contribution in [3.63, 3.8) is 0 Å². The van der Waals surface area contributed by atoms with Gasteiger partial charge < -0.3 is 0 Å². The highest BCUT2D eigenvalue weighted by Crippen LogP contribution is 2.40. The number of ketones is 2. The number of carbonyl (C=O) groups excluding carboxylic acids is 2. The first-order chi connectivity index (χ1) is 19.2. The Labute approximate surface area is 232 Å². The number of rotatable bonds is 11. The molecule has 0 fully saturated rings. The van der Waals surface area contributed by atoms with E-state index in [-0.39, 0.29) is 22.3 Å². The molecule has 0 aliphatic heterocycles. The maximum absolute atomic E-state index is 14.1. The smallest absolute Gasteiger partial charge is 0.287 e. The van der Waals surface area contributed by atoms with Crippen LogP contribution in [0.1, 0.15) is 54.1 Å². The minimum atomic E-state index is -2.62. The largest absolute Gasteiger partial charge is 0.320 e. The second-order valence-corrected chi connectivity index (χ2v) is 9.50. The third-order valence-corrected chi connectivity index (χ3v) is 6.91. The van der Waals surface area contributed by atoms with Crippen molar-refractivity contribution in [3.8, 4) is 0 Å². The molecule has 0 radical (unpaired) electrons. The highest BCUT2D eigenvalue weighted by atomic mass is 17.3. The van der Waals surface area contributed by atoms with E-state index in [4.69, 9.17) is 19.6 Å². The summed E-state index contributed by atoms with van der Waals surface area (Å²) >= 11 is 0. The molecule has 4 aromatic rings. The van der Waals surface area contributed by atoms with E-state index in [1.807, 2.05) is 0 Å². The monoisotopic (exact) mass is 542 g/mol. The van der Waals surface area contributed by atoms with Crippen LogP contribution >= 0.6 is 0 Å². The predicted octanol–water partition coefficient (Wildman–Crippen LogP) is 6.62. The van der Waals surface area contributed by atoms with Crippen molar-refractivity contribution in [1.82, 2.24) is 0 Å². The number of hydrogen-bond donors (Lipinski definition) is 2. The molecule has 0 heterocycles. The fourth-order valence-corrected chi connectivity index (χ4v) is 4.63. The van der Waals surface area contributed by atoms with Crippen LogP contribution in [0.3, 0.4) is 0 Å². The van der Waals surface area contributed by atoms with Gasteiger partial charge in [-0.25, -0.2) is 10.5 Å². The second kappa shape index (κ2) is 12.0. The molecule has 0 bridgehead atoms. The summed E-state index contributed by atoms with van der Waals surface area (Å²) in [7, 11) is 0. The molecule has 0 aliphatic carbocycles. The molecule has 0 aromatic heterocycles. The van der Waals surface area contributed by atoms with Crippen LogP contribution in [0, 0.1) is 27.7 Å². The van der Waals surface area contributed by atoms with E-state index >= 15 is 0 Å². The van der Waals surface area contributed by atoms with Gasteiger partial charge in [0.2, 0.25) is 11.6 Å². The summed E-state index contributed by atoms with van der Waals surface area (Å²) in [5.41, 5.74) is 2.71. The summed E-state index contributed by atoms with van der Waals surface area (Å²) in [6, 6.07) is 26.4. The van der Waals surface area contributed by atoms with Crippen molar-refractivity contribution in [3.05, 3.63) is 142 Å². The average Bonchev–Trinajstić information content (AvgIpc) is 2.97. The molecule has 40 heavy (non-hydrogen) atoms. The minimum Gasteiger partial charge on any atom is -0.287 e. The maximum Gasteiger partial charge on any atom is 0.320 e. The first-order valence-corrected chi connectivity index (χ1v) is 12.6. The SMILES string of the molecule is Cc1ccccc1C(=O)C(OO)(OOC(OO)(C(=O)c1ccccc1C)c1ccccc1C)c1ccccc1C. The molecular formula is C32H30O8. The first kappa shape index (κ1) is 29.0. The van der Waals surface area contributed by atoms with Crippen LogP contribution in [-0.4, -0.2) is 22.1 Å². The lowest BCUT2D eigenvalue weighted by molar-refractivity contribution is -0.556. The Balaban J connectivity index is 1.92. The van der Waals surface area contributed by atoms with Gasteiger partial charge in [-0.2, -0.15) is 19.6 Å². The fraction of sp³-hybridized carbons (Fsp3) is 0.188. The Hall–Kier alpha value is -4.02. The van der Waals surface area contributed by atoms with Gasteiger partial charge in [-0.3, -0.25) is 9.59 Å². The Kier molecular flexibility index (Phi) is 8.70. The van der Waals surface area contributed by atoms with E-state index in [2.05, 4.69) is 0 Å². The standard InChI is InChI=1S/C32H30O8/c1-21-13-5-9-17-25(21)29(33)31(37-35,27-19-11-7-15-23(27)3)39-40-32(38-36,28-20-12-8-16-24(28)4)30(34)26-18-10-6-14-22(26)2/h5-20,35-36H,1-4H3. The number of aryl methyl sites for hydroxylation is 4. The molecule has 2 N–H and O–H groups in total. The molecule has 0 aliphatic rings. The molecule has 0 saturated carbocycles. The van der Waals surface area contributed by atoms with E-state index in [0.717, 1.165) is 0 Å². The fourth-order valence-electron chi connectivity index (χ4n) is 4.63. The zero-order valence-corrected chi connectivity index (χ0v) is 22.6. The lowest BCUT2D eigenvalue weighted by atomic mass is 9.90. The van der Waals surface area contributed by atoms with E-state index in [0.29, 0.717) is 22.3 Å². The Bertz CT molecular complexity index is 1420. The molecule has 206 valence electrons. The van der Waals surface area contributed by atoms with Crippen molar-refractivity contribution < 1.29 is 39.7 Å². The first-order valence-electron chi connectivity index (χ1n) is 12.6. The summed E-state index contributed by atoms with van der Waals surface area (Å²) < 4.78 is 0. The Morgan fingerprint density at radius 2 is 0.800 bits per heavy atom. The molecule has 2 atom stereocenters. The van der Waals surface area contributed by atoms with Crippen LogP contribution < -0.4 is 0 Å². The third kappa shape index (κ3) is 5.12. The average molecular weight is 543 g/mol. The zero-order valence-electron chi connectivity index (χ0n) is 22.6. The van der Waals surface area contributed by atoms with Crippen molar-refractivity contribution in [2.75, 3.05) is 0 Å². The molecule has 8 heteroatoms. The van der Waals surface area contributed by atoms with Gasteiger partial charge in [0.05, 0.1) is 0 Å². The van der Waals surface area contributed by atoms with Crippen molar-refractivity contribution >= 4 is 11.6 Å².